The van der Waals surface area contributed by atoms with Crippen LogP contribution in [0.4, 0.5) is 0 Å². The molecule has 0 aliphatic carbocycles. The molecule has 0 spiro atoms. The Bertz CT molecular complexity index is 260. The van der Waals surface area contributed by atoms with Gasteiger partial charge in [0.25, 0.3) is 10.2 Å². The third-order valence-corrected chi connectivity index (χ3v) is 4.20. The zero-order valence-electron chi connectivity index (χ0n) is 8.78. The van der Waals surface area contributed by atoms with E-state index < -0.39 is 10.2 Å². The van der Waals surface area contributed by atoms with Gasteiger partial charge in [-0.3, -0.25) is 0 Å². The van der Waals surface area contributed by atoms with Crippen molar-refractivity contribution in [2.75, 3.05) is 26.7 Å². The minimum atomic E-state index is -3.27. The van der Waals surface area contributed by atoms with Crippen molar-refractivity contribution in [3.05, 3.63) is 0 Å². The van der Waals surface area contributed by atoms with E-state index in [1.807, 2.05) is 0 Å². The summed E-state index contributed by atoms with van der Waals surface area (Å²) in [6.45, 7) is 3.96. The summed E-state index contributed by atoms with van der Waals surface area (Å²) in [5.74, 6) is 0. The normalized spacial score (nSPS) is 24.1. The number of rotatable bonds is 4. The SMILES string of the molecule is CCNS(=O)(=O)N(C)C1CCCNC1. The highest BCUT2D eigenvalue weighted by atomic mass is 32.2. The average Bonchev–Trinajstić information content (AvgIpc) is 2.18. The van der Waals surface area contributed by atoms with Crippen LogP contribution < -0.4 is 10.0 Å². The number of hydrogen-bond donors (Lipinski definition) is 2. The number of hydrogen-bond acceptors (Lipinski definition) is 3. The number of nitrogens with zero attached hydrogens (tertiary/aromatic N) is 1. The van der Waals surface area contributed by atoms with Gasteiger partial charge in [-0.05, 0) is 19.4 Å². The van der Waals surface area contributed by atoms with E-state index in [0.29, 0.717) is 6.54 Å². The minimum Gasteiger partial charge on any atom is -0.315 e. The molecule has 0 radical (unpaired) electrons. The van der Waals surface area contributed by atoms with Crippen molar-refractivity contribution in [3.63, 3.8) is 0 Å². The van der Waals surface area contributed by atoms with Crippen molar-refractivity contribution in [1.82, 2.24) is 14.3 Å². The summed E-state index contributed by atoms with van der Waals surface area (Å²) in [7, 11) is -1.63. The van der Waals surface area contributed by atoms with Gasteiger partial charge in [-0.1, -0.05) is 6.92 Å². The molecule has 1 aliphatic heterocycles. The lowest BCUT2D eigenvalue weighted by Gasteiger charge is -2.30. The molecule has 0 aromatic heterocycles. The molecule has 1 saturated heterocycles. The molecular weight excluding hydrogens is 202 g/mol. The fourth-order valence-electron chi connectivity index (χ4n) is 1.62. The Kier molecular flexibility index (Phi) is 4.31. The number of piperidine rings is 1. The maximum absolute atomic E-state index is 11.6. The van der Waals surface area contributed by atoms with Gasteiger partial charge in [0.2, 0.25) is 0 Å². The summed E-state index contributed by atoms with van der Waals surface area (Å²) in [6.07, 6.45) is 1.98. The highest BCUT2D eigenvalue weighted by molar-refractivity contribution is 7.87. The van der Waals surface area contributed by atoms with Gasteiger partial charge < -0.3 is 5.32 Å². The molecule has 0 aromatic rings. The van der Waals surface area contributed by atoms with Crippen LogP contribution in [0.3, 0.4) is 0 Å². The van der Waals surface area contributed by atoms with Crippen LogP contribution in [0.5, 0.6) is 0 Å². The summed E-state index contributed by atoms with van der Waals surface area (Å²) in [5, 5.41) is 3.20. The van der Waals surface area contributed by atoms with E-state index in [9.17, 15) is 8.42 Å². The summed E-state index contributed by atoms with van der Waals surface area (Å²) in [6, 6.07) is 0.0906. The molecular formula is C8H19N3O2S. The molecule has 1 rings (SSSR count). The van der Waals surface area contributed by atoms with Gasteiger partial charge in [-0.25, -0.2) is 4.72 Å². The van der Waals surface area contributed by atoms with Crippen LogP contribution in [0.2, 0.25) is 0 Å². The Morgan fingerprint density at radius 3 is 2.79 bits per heavy atom. The second kappa shape index (κ2) is 5.06. The first-order chi connectivity index (χ1) is 6.58. The molecule has 1 heterocycles. The van der Waals surface area contributed by atoms with E-state index in [0.717, 1.165) is 25.9 Å². The van der Waals surface area contributed by atoms with E-state index in [2.05, 4.69) is 10.0 Å². The third-order valence-electron chi connectivity index (χ3n) is 2.49. The zero-order valence-corrected chi connectivity index (χ0v) is 9.60. The Labute approximate surface area is 86.0 Å². The van der Waals surface area contributed by atoms with Gasteiger partial charge in [-0.15, -0.1) is 0 Å². The summed E-state index contributed by atoms with van der Waals surface area (Å²) < 4.78 is 27.2. The van der Waals surface area contributed by atoms with Crippen LogP contribution in [0.25, 0.3) is 0 Å². The monoisotopic (exact) mass is 221 g/mol. The van der Waals surface area contributed by atoms with Gasteiger partial charge in [0.1, 0.15) is 0 Å². The van der Waals surface area contributed by atoms with Crippen LogP contribution in [-0.4, -0.2) is 45.4 Å². The summed E-state index contributed by atoms with van der Waals surface area (Å²) in [5.41, 5.74) is 0. The lowest BCUT2D eigenvalue weighted by Crippen LogP contribution is -2.50. The fourth-order valence-corrected chi connectivity index (χ4v) is 2.77. The smallest absolute Gasteiger partial charge is 0.279 e. The molecule has 1 atom stereocenters. The van der Waals surface area contributed by atoms with E-state index in [1.165, 1.54) is 4.31 Å². The van der Waals surface area contributed by atoms with Crippen LogP contribution in [0, 0.1) is 0 Å². The first-order valence-corrected chi connectivity index (χ1v) is 6.45. The maximum atomic E-state index is 11.6. The van der Waals surface area contributed by atoms with Gasteiger partial charge in [0.05, 0.1) is 0 Å². The first-order valence-electron chi connectivity index (χ1n) is 5.01. The van der Waals surface area contributed by atoms with Gasteiger partial charge in [0.15, 0.2) is 0 Å². The molecule has 84 valence electrons. The van der Waals surface area contributed by atoms with E-state index >= 15 is 0 Å². The largest absolute Gasteiger partial charge is 0.315 e. The van der Waals surface area contributed by atoms with Gasteiger partial charge in [-0.2, -0.15) is 12.7 Å². The highest BCUT2D eigenvalue weighted by Crippen LogP contribution is 2.10. The molecule has 14 heavy (non-hydrogen) atoms. The predicted octanol–water partition coefficient (Wildman–Crippen LogP) is -0.475. The second-order valence-corrected chi connectivity index (χ2v) is 5.33. The van der Waals surface area contributed by atoms with E-state index in [1.54, 1.807) is 14.0 Å². The first kappa shape index (κ1) is 11.9. The van der Waals surface area contributed by atoms with Crippen molar-refractivity contribution in [2.45, 2.75) is 25.8 Å². The van der Waals surface area contributed by atoms with Crippen LogP contribution in [-0.2, 0) is 10.2 Å². The Balaban J connectivity index is 2.58. The van der Waals surface area contributed by atoms with Crippen molar-refractivity contribution < 1.29 is 8.42 Å². The Morgan fingerprint density at radius 1 is 1.57 bits per heavy atom. The molecule has 0 saturated carbocycles. The molecule has 6 heteroatoms. The summed E-state index contributed by atoms with van der Waals surface area (Å²) >= 11 is 0. The molecule has 0 bridgehead atoms. The maximum Gasteiger partial charge on any atom is 0.279 e. The third kappa shape index (κ3) is 2.91. The number of likely N-dealkylation sites (N-methyl/N-ethyl adjacent to an activating group) is 1. The van der Waals surface area contributed by atoms with Gasteiger partial charge >= 0.3 is 0 Å². The predicted molar refractivity (Wildman–Crippen MR) is 56.3 cm³/mol. The quantitative estimate of drug-likeness (QED) is 0.674. The van der Waals surface area contributed by atoms with Crippen molar-refractivity contribution >= 4 is 10.2 Å². The number of nitrogens with one attached hydrogen (secondary N) is 2. The molecule has 0 aromatic carbocycles. The molecule has 1 unspecified atom stereocenters. The van der Waals surface area contributed by atoms with Crippen molar-refractivity contribution in [3.8, 4) is 0 Å². The lowest BCUT2D eigenvalue weighted by atomic mass is 10.1. The molecule has 2 N–H and O–H groups in total. The van der Waals surface area contributed by atoms with E-state index in [4.69, 9.17) is 0 Å². The second-order valence-electron chi connectivity index (χ2n) is 3.52. The standard InChI is InChI=1S/C8H19N3O2S/c1-3-10-14(12,13)11(2)8-5-4-6-9-7-8/h8-10H,3-7H2,1-2H3. The molecule has 1 fully saturated rings. The van der Waals surface area contributed by atoms with Crippen LogP contribution >= 0.6 is 0 Å². The van der Waals surface area contributed by atoms with Crippen molar-refractivity contribution in [1.29, 1.82) is 0 Å². The minimum absolute atomic E-state index is 0.0906. The molecule has 0 amide bonds. The molecule has 5 nitrogen and oxygen atoms in total. The van der Waals surface area contributed by atoms with E-state index in [-0.39, 0.29) is 6.04 Å². The lowest BCUT2D eigenvalue weighted by molar-refractivity contribution is 0.297. The topological polar surface area (TPSA) is 61.4 Å². The summed E-state index contributed by atoms with van der Waals surface area (Å²) in [4.78, 5) is 0. The van der Waals surface area contributed by atoms with Gasteiger partial charge in [0, 0.05) is 26.2 Å². The van der Waals surface area contributed by atoms with Crippen LogP contribution in [0.1, 0.15) is 19.8 Å². The van der Waals surface area contributed by atoms with Crippen LogP contribution in [0.15, 0.2) is 0 Å². The highest BCUT2D eigenvalue weighted by Gasteiger charge is 2.26. The Morgan fingerprint density at radius 2 is 2.29 bits per heavy atom. The zero-order chi connectivity index (χ0) is 10.6. The Hall–Kier alpha value is -0.170. The molecule has 1 aliphatic rings. The average molecular weight is 221 g/mol. The fraction of sp³-hybridized carbons (Fsp3) is 1.00. The van der Waals surface area contributed by atoms with Crippen molar-refractivity contribution in [2.24, 2.45) is 0 Å².